The molecule has 0 bridgehead atoms. The second kappa shape index (κ2) is 4.75. The molecule has 6 heteroatoms. The van der Waals surface area contributed by atoms with E-state index < -0.39 is 0 Å². The van der Waals surface area contributed by atoms with Crippen LogP contribution in [0.3, 0.4) is 0 Å². The van der Waals surface area contributed by atoms with Crippen molar-refractivity contribution in [2.45, 2.75) is 6.92 Å². The predicted molar refractivity (Wildman–Crippen MR) is 80.9 cm³/mol. The first-order chi connectivity index (χ1) is 10.3. The lowest BCUT2D eigenvalue weighted by molar-refractivity contribution is 0.431. The molecule has 0 saturated heterocycles. The van der Waals surface area contributed by atoms with Crippen molar-refractivity contribution in [2.75, 3.05) is 0 Å². The molecule has 0 N–H and O–H groups in total. The highest BCUT2D eigenvalue weighted by atomic mass is 32.1. The zero-order valence-electron chi connectivity index (χ0n) is 11.1. The Balaban J connectivity index is 1.78. The van der Waals surface area contributed by atoms with Crippen LogP contribution in [-0.2, 0) is 0 Å². The second-order valence-electron chi connectivity index (χ2n) is 4.63. The SMILES string of the molecule is Cc1ccncc1-c1noc(-c2ccc3ccsc3n2)n1. The van der Waals surface area contributed by atoms with Crippen LogP contribution in [-0.4, -0.2) is 20.1 Å². The van der Waals surface area contributed by atoms with Crippen LogP contribution in [0.5, 0.6) is 0 Å². The monoisotopic (exact) mass is 294 g/mol. The Labute approximate surface area is 124 Å². The summed E-state index contributed by atoms with van der Waals surface area (Å²) in [7, 11) is 0. The molecule has 5 nitrogen and oxygen atoms in total. The molecule has 102 valence electrons. The quantitative estimate of drug-likeness (QED) is 0.564. The molecule has 0 fully saturated rings. The molecule has 0 aliphatic carbocycles. The third-order valence-corrected chi connectivity index (χ3v) is 4.06. The van der Waals surface area contributed by atoms with E-state index in [0.717, 1.165) is 21.3 Å². The Morgan fingerprint density at radius 2 is 2.05 bits per heavy atom. The fourth-order valence-corrected chi connectivity index (χ4v) is 2.87. The van der Waals surface area contributed by atoms with E-state index in [9.17, 15) is 0 Å². The highest BCUT2D eigenvalue weighted by Gasteiger charge is 2.14. The predicted octanol–water partition coefficient (Wildman–Crippen LogP) is 3.72. The van der Waals surface area contributed by atoms with Gasteiger partial charge in [0.25, 0.3) is 5.89 Å². The van der Waals surface area contributed by atoms with Gasteiger partial charge in [0.15, 0.2) is 0 Å². The van der Waals surface area contributed by atoms with E-state index in [-0.39, 0.29) is 0 Å². The fourth-order valence-electron chi connectivity index (χ4n) is 2.10. The summed E-state index contributed by atoms with van der Waals surface area (Å²) in [6.45, 7) is 1.99. The normalized spacial score (nSPS) is 11.1. The molecule has 0 unspecified atom stereocenters. The smallest absolute Gasteiger partial charge is 0.276 e. The number of fused-ring (bicyclic) bond motifs is 1. The van der Waals surface area contributed by atoms with Gasteiger partial charge in [-0.2, -0.15) is 4.98 Å². The van der Waals surface area contributed by atoms with Gasteiger partial charge in [0.05, 0.1) is 0 Å². The molecule has 0 aliphatic heterocycles. The standard InChI is InChI=1S/C15H10N4OS/c1-9-4-6-16-8-11(9)13-18-14(20-19-13)12-3-2-10-5-7-21-15(10)17-12/h2-8H,1H3. The molecule has 0 radical (unpaired) electrons. The first kappa shape index (κ1) is 12.2. The van der Waals surface area contributed by atoms with Crippen LogP contribution in [0.15, 0.2) is 46.6 Å². The van der Waals surface area contributed by atoms with Gasteiger partial charge >= 0.3 is 0 Å². The zero-order chi connectivity index (χ0) is 14.2. The molecular formula is C15H10N4OS. The molecule has 0 aliphatic rings. The summed E-state index contributed by atoms with van der Waals surface area (Å²) >= 11 is 1.59. The molecule has 4 rings (SSSR count). The number of aromatic nitrogens is 4. The van der Waals surface area contributed by atoms with Gasteiger partial charge in [0, 0.05) is 23.3 Å². The molecular weight excluding hydrogens is 284 g/mol. The summed E-state index contributed by atoms with van der Waals surface area (Å²) in [5, 5.41) is 7.16. The Hall–Kier alpha value is -2.60. The van der Waals surface area contributed by atoms with Crippen molar-refractivity contribution in [1.29, 1.82) is 0 Å². The topological polar surface area (TPSA) is 64.7 Å². The van der Waals surface area contributed by atoms with Crippen molar-refractivity contribution in [3.05, 3.63) is 47.6 Å². The van der Waals surface area contributed by atoms with Crippen LogP contribution >= 0.6 is 11.3 Å². The maximum atomic E-state index is 5.34. The summed E-state index contributed by atoms with van der Waals surface area (Å²) in [5.74, 6) is 0.951. The minimum absolute atomic E-state index is 0.420. The summed E-state index contributed by atoms with van der Waals surface area (Å²) in [5.41, 5.74) is 2.61. The van der Waals surface area contributed by atoms with Gasteiger partial charge in [-0.15, -0.1) is 11.3 Å². The van der Waals surface area contributed by atoms with Gasteiger partial charge in [-0.1, -0.05) is 5.16 Å². The van der Waals surface area contributed by atoms with E-state index >= 15 is 0 Å². The number of rotatable bonds is 2. The molecule has 0 saturated carbocycles. The third-order valence-electron chi connectivity index (χ3n) is 3.24. The van der Waals surface area contributed by atoms with Crippen LogP contribution in [0, 0.1) is 6.92 Å². The largest absolute Gasteiger partial charge is 0.332 e. The Bertz CT molecular complexity index is 928. The Morgan fingerprint density at radius 1 is 1.10 bits per heavy atom. The van der Waals surface area contributed by atoms with Gasteiger partial charge < -0.3 is 4.52 Å². The zero-order valence-corrected chi connectivity index (χ0v) is 12.0. The van der Waals surface area contributed by atoms with E-state index in [0.29, 0.717) is 17.4 Å². The summed E-state index contributed by atoms with van der Waals surface area (Å²) in [4.78, 5) is 14.0. The average Bonchev–Trinajstić information content (AvgIpc) is 3.16. The summed E-state index contributed by atoms with van der Waals surface area (Å²) in [6, 6.07) is 7.85. The second-order valence-corrected chi connectivity index (χ2v) is 5.52. The molecule has 4 aromatic rings. The highest BCUT2D eigenvalue weighted by molar-refractivity contribution is 7.16. The number of nitrogens with zero attached hydrogens (tertiary/aromatic N) is 4. The van der Waals surface area contributed by atoms with Crippen LogP contribution in [0.2, 0.25) is 0 Å². The lowest BCUT2D eigenvalue weighted by Crippen LogP contribution is -1.87. The van der Waals surface area contributed by atoms with E-state index in [1.54, 1.807) is 23.7 Å². The number of hydrogen-bond donors (Lipinski definition) is 0. The third kappa shape index (κ3) is 2.09. The molecule has 4 heterocycles. The molecule has 0 amide bonds. The first-order valence-corrected chi connectivity index (χ1v) is 7.28. The van der Waals surface area contributed by atoms with Gasteiger partial charge in [0.2, 0.25) is 5.82 Å². The Kier molecular flexibility index (Phi) is 2.75. The number of pyridine rings is 2. The van der Waals surface area contributed by atoms with E-state index in [1.807, 2.05) is 36.6 Å². The van der Waals surface area contributed by atoms with Gasteiger partial charge in [0.1, 0.15) is 10.5 Å². The van der Waals surface area contributed by atoms with Crippen molar-refractivity contribution < 1.29 is 4.52 Å². The molecule has 4 aromatic heterocycles. The van der Waals surface area contributed by atoms with Gasteiger partial charge in [-0.25, -0.2) is 4.98 Å². The molecule has 0 spiro atoms. The minimum Gasteiger partial charge on any atom is -0.332 e. The molecule has 21 heavy (non-hydrogen) atoms. The van der Waals surface area contributed by atoms with E-state index in [2.05, 4.69) is 20.1 Å². The van der Waals surface area contributed by atoms with Crippen molar-refractivity contribution in [2.24, 2.45) is 0 Å². The number of aryl methyl sites for hydroxylation is 1. The van der Waals surface area contributed by atoms with E-state index in [4.69, 9.17) is 4.52 Å². The minimum atomic E-state index is 0.420. The van der Waals surface area contributed by atoms with Crippen molar-refractivity contribution in [1.82, 2.24) is 20.1 Å². The maximum absolute atomic E-state index is 5.34. The lowest BCUT2D eigenvalue weighted by atomic mass is 10.1. The van der Waals surface area contributed by atoms with Gasteiger partial charge in [-0.05, 0) is 42.1 Å². The Morgan fingerprint density at radius 3 is 2.95 bits per heavy atom. The molecule has 0 atom stereocenters. The van der Waals surface area contributed by atoms with Crippen LogP contribution in [0.4, 0.5) is 0 Å². The number of hydrogen-bond acceptors (Lipinski definition) is 6. The van der Waals surface area contributed by atoms with Crippen molar-refractivity contribution >= 4 is 21.6 Å². The van der Waals surface area contributed by atoms with Crippen molar-refractivity contribution in [3.8, 4) is 23.0 Å². The van der Waals surface area contributed by atoms with Crippen LogP contribution in [0.1, 0.15) is 5.56 Å². The van der Waals surface area contributed by atoms with Crippen LogP contribution < -0.4 is 0 Å². The van der Waals surface area contributed by atoms with Crippen LogP contribution in [0.25, 0.3) is 33.2 Å². The molecule has 0 aromatic carbocycles. The average molecular weight is 294 g/mol. The number of thiophene rings is 1. The lowest BCUT2D eigenvalue weighted by Gasteiger charge is -1.97. The summed E-state index contributed by atoms with van der Waals surface area (Å²) in [6.07, 6.45) is 3.48. The van der Waals surface area contributed by atoms with Crippen molar-refractivity contribution in [3.63, 3.8) is 0 Å². The summed E-state index contributed by atoms with van der Waals surface area (Å²) < 4.78 is 5.34. The highest BCUT2D eigenvalue weighted by Crippen LogP contribution is 2.25. The fraction of sp³-hybridized carbons (Fsp3) is 0.0667. The first-order valence-electron chi connectivity index (χ1n) is 6.40. The van der Waals surface area contributed by atoms with Gasteiger partial charge in [-0.3, -0.25) is 4.98 Å². The van der Waals surface area contributed by atoms with E-state index in [1.165, 1.54) is 0 Å². The maximum Gasteiger partial charge on any atom is 0.276 e.